The van der Waals surface area contributed by atoms with Crippen molar-refractivity contribution in [1.82, 2.24) is 4.98 Å². The van der Waals surface area contributed by atoms with E-state index >= 15 is 0 Å². The molecule has 0 aliphatic rings. The van der Waals surface area contributed by atoms with E-state index < -0.39 is 0 Å². The Hall–Kier alpha value is -2.67. The van der Waals surface area contributed by atoms with Crippen LogP contribution in [0.2, 0.25) is 0 Å². The highest BCUT2D eigenvalue weighted by atomic mass is 16.5. The first-order chi connectivity index (χ1) is 8.81. The highest BCUT2D eigenvalue weighted by molar-refractivity contribution is 5.82. The van der Waals surface area contributed by atoms with Crippen LogP contribution in [-0.4, -0.2) is 18.3 Å². The van der Waals surface area contributed by atoms with Crippen molar-refractivity contribution in [3.63, 3.8) is 0 Å². The van der Waals surface area contributed by atoms with Crippen LogP contribution in [0.15, 0.2) is 47.7 Å². The summed E-state index contributed by atoms with van der Waals surface area (Å²) in [6, 6.07) is 11.1. The van der Waals surface area contributed by atoms with E-state index in [1.165, 1.54) is 0 Å². The predicted octanol–water partition coefficient (Wildman–Crippen LogP) is 2.71. The van der Waals surface area contributed by atoms with Gasteiger partial charge >= 0.3 is 0 Å². The average Bonchev–Trinajstić information content (AvgIpc) is 2.46. The normalized spacial score (nSPS) is 10.2. The lowest BCUT2D eigenvalue weighted by atomic mass is 10.2. The number of hydrogen-bond acceptors (Lipinski definition) is 4. The van der Waals surface area contributed by atoms with Crippen LogP contribution < -0.4 is 4.74 Å². The third-order valence-corrected chi connectivity index (χ3v) is 2.34. The van der Waals surface area contributed by atoms with Crippen LogP contribution in [0.25, 0.3) is 0 Å². The molecule has 0 bridgehead atoms. The topological polar surface area (TPSA) is 58.3 Å². The number of aliphatic imine (C=N–C) groups is 1. The van der Waals surface area contributed by atoms with Crippen molar-refractivity contribution < 1.29 is 4.74 Å². The summed E-state index contributed by atoms with van der Waals surface area (Å²) in [5, 5.41) is 8.69. The maximum atomic E-state index is 8.69. The standard InChI is InChI=1S/C14H11N3O/c1-18-14-6-13(9-16-10-14)17-8-12-4-2-11(7-15)3-5-12/h2-6,8-10H,1H3/b17-8+. The fourth-order valence-electron chi connectivity index (χ4n) is 1.38. The number of aromatic nitrogens is 1. The summed E-state index contributed by atoms with van der Waals surface area (Å²) in [6.45, 7) is 0. The van der Waals surface area contributed by atoms with Gasteiger partial charge in [-0.15, -0.1) is 0 Å². The summed E-state index contributed by atoms with van der Waals surface area (Å²) in [7, 11) is 1.59. The van der Waals surface area contributed by atoms with Gasteiger partial charge in [0.05, 0.1) is 36.8 Å². The predicted molar refractivity (Wildman–Crippen MR) is 69.2 cm³/mol. The largest absolute Gasteiger partial charge is 0.495 e. The molecule has 0 saturated carbocycles. The number of methoxy groups -OCH3 is 1. The summed E-state index contributed by atoms with van der Waals surface area (Å²) >= 11 is 0. The number of benzene rings is 1. The first-order valence-electron chi connectivity index (χ1n) is 5.35. The Balaban J connectivity index is 2.16. The van der Waals surface area contributed by atoms with Crippen LogP contribution in [-0.2, 0) is 0 Å². The maximum absolute atomic E-state index is 8.69. The zero-order chi connectivity index (χ0) is 12.8. The Kier molecular flexibility index (Phi) is 3.67. The van der Waals surface area contributed by atoms with Gasteiger partial charge in [0.15, 0.2) is 0 Å². The molecule has 0 aliphatic heterocycles. The SMILES string of the molecule is COc1cncc(/N=C/c2ccc(C#N)cc2)c1. The zero-order valence-corrected chi connectivity index (χ0v) is 9.87. The maximum Gasteiger partial charge on any atom is 0.139 e. The lowest BCUT2D eigenvalue weighted by molar-refractivity contribution is 0.413. The molecule has 1 aromatic carbocycles. The Morgan fingerprint density at radius 2 is 2.06 bits per heavy atom. The molecule has 0 amide bonds. The smallest absolute Gasteiger partial charge is 0.139 e. The van der Waals surface area contributed by atoms with E-state index in [0.717, 1.165) is 11.3 Å². The zero-order valence-electron chi connectivity index (χ0n) is 9.87. The molecule has 0 N–H and O–H groups in total. The van der Waals surface area contributed by atoms with E-state index in [0.29, 0.717) is 11.3 Å². The van der Waals surface area contributed by atoms with E-state index in [2.05, 4.69) is 16.0 Å². The molecule has 18 heavy (non-hydrogen) atoms. The molecule has 0 radical (unpaired) electrons. The van der Waals surface area contributed by atoms with Crippen LogP contribution >= 0.6 is 0 Å². The van der Waals surface area contributed by atoms with Crippen LogP contribution in [0.3, 0.4) is 0 Å². The van der Waals surface area contributed by atoms with E-state index in [1.54, 1.807) is 43.9 Å². The van der Waals surface area contributed by atoms with Crippen molar-refractivity contribution in [2.24, 2.45) is 4.99 Å². The molecule has 0 aliphatic carbocycles. The van der Waals surface area contributed by atoms with Crippen molar-refractivity contribution in [2.45, 2.75) is 0 Å². The highest BCUT2D eigenvalue weighted by Gasteiger charge is 1.94. The van der Waals surface area contributed by atoms with Gasteiger partial charge in [0, 0.05) is 12.3 Å². The van der Waals surface area contributed by atoms with Gasteiger partial charge in [-0.05, 0) is 17.7 Å². The second-order valence-corrected chi connectivity index (χ2v) is 3.57. The van der Waals surface area contributed by atoms with E-state index in [4.69, 9.17) is 10.00 Å². The van der Waals surface area contributed by atoms with Gasteiger partial charge in [0.1, 0.15) is 5.75 Å². The van der Waals surface area contributed by atoms with Crippen molar-refractivity contribution in [2.75, 3.05) is 7.11 Å². The Morgan fingerprint density at radius 3 is 2.72 bits per heavy atom. The number of nitriles is 1. The number of ether oxygens (including phenoxy) is 1. The lowest BCUT2D eigenvalue weighted by Gasteiger charge is -1.99. The van der Waals surface area contributed by atoms with E-state index in [1.807, 2.05) is 12.1 Å². The quantitative estimate of drug-likeness (QED) is 0.771. The number of rotatable bonds is 3. The molecule has 88 valence electrons. The number of hydrogen-bond donors (Lipinski definition) is 0. The van der Waals surface area contributed by atoms with Crippen molar-refractivity contribution in [3.8, 4) is 11.8 Å². The molecule has 0 fully saturated rings. The van der Waals surface area contributed by atoms with Gasteiger partial charge in [-0.2, -0.15) is 5.26 Å². The number of pyridine rings is 1. The fraction of sp³-hybridized carbons (Fsp3) is 0.0714. The average molecular weight is 237 g/mol. The molecule has 1 aromatic heterocycles. The first kappa shape index (κ1) is 11.8. The van der Waals surface area contributed by atoms with Gasteiger partial charge in [-0.3, -0.25) is 9.98 Å². The molecule has 2 aromatic rings. The Bertz CT molecular complexity index is 597. The minimum Gasteiger partial charge on any atom is -0.495 e. The van der Waals surface area contributed by atoms with Gasteiger partial charge in [0.2, 0.25) is 0 Å². The number of nitrogens with zero attached hydrogens (tertiary/aromatic N) is 3. The minimum atomic E-state index is 0.634. The third kappa shape index (κ3) is 2.92. The Labute approximate surface area is 105 Å². The molecule has 0 atom stereocenters. The molecule has 4 nitrogen and oxygen atoms in total. The van der Waals surface area contributed by atoms with E-state index in [-0.39, 0.29) is 0 Å². The fourth-order valence-corrected chi connectivity index (χ4v) is 1.38. The third-order valence-electron chi connectivity index (χ3n) is 2.34. The highest BCUT2D eigenvalue weighted by Crippen LogP contribution is 2.17. The monoisotopic (exact) mass is 237 g/mol. The molecule has 0 spiro atoms. The summed E-state index contributed by atoms with van der Waals surface area (Å²) in [5.74, 6) is 0.671. The summed E-state index contributed by atoms with van der Waals surface area (Å²) in [6.07, 6.45) is 5.00. The second kappa shape index (κ2) is 5.60. The van der Waals surface area contributed by atoms with E-state index in [9.17, 15) is 0 Å². The molecule has 4 heteroatoms. The van der Waals surface area contributed by atoms with Crippen LogP contribution in [0.5, 0.6) is 5.75 Å². The Morgan fingerprint density at radius 1 is 1.28 bits per heavy atom. The second-order valence-electron chi connectivity index (χ2n) is 3.57. The van der Waals surface area contributed by atoms with Gasteiger partial charge in [-0.1, -0.05) is 12.1 Å². The summed E-state index contributed by atoms with van der Waals surface area (Å²) in [5.41, 5.74) is 2.28. The molecule has 1 heterocycles. The van der Waals surface area contributed by atoms with Crippen LogP contribution in [0.4, 0.5) is 5.69 Å². The van der Waals surface area contributed by atoms with Gasteiger partial charge in [0.25, 0.3) is 0 Å². The molecular weight excluding hydrogens is 226 g/mol. The van der Waals surface area contributed by atoms with Crippen molar-refractivity contribution in [3.05, 3.63) is 53.9 Å². The lowest BCUT2D eigenvalue weighted by Crippen LogP contribution is -1.84. The minimum absolute atomic E-state index is 0.634. The molecule has 0 saturated heterocycles. The van der Waals surface area contributed by atoms with Crippen molar-refractivity contribution in [1.29, 1.82) is 5.26 Å². The van der Waals surface area contributed by atoms with Gasteiger partial charge < -0.3 is 4.74 Å². The van der Waals surface area contributed by atoms with Crippen molar-refractivity contribution >= 4 is 11.9 Å². The first-order valence-corrected chi connectivity index (χ1v) is 5.35. The summed E-state index contributed by atoms with van der Waals surface area (Å²) in [4.78, 5) is 8.30. The molecule has 2 rings (SSSR count). The summed E-state index contributed by atoms with van der Waals surface area (Å²) < 4.78 is 5.06. The van der Waals surface area contributed by atoms with Gasteiger partial charge in [-0.25, -0.2) is 0 Å². The van der Waals surface area contributed by atoms with Crippen LogP contribution in [0.1, 0.15) is 11.1 Å². The molecule has 0 unspecified atom stereocenters. The molecular formula is C14H11N3O. The van der Waals surface area contributed by atoms with Crippen LogP contribution in [0, 0.1) is 11.3 Å².